The van der Waals surface area contributed by atoms with Gasteiger partial charge < -0.3 is 10.2 Å². The lowest BCUT2D eigenvalue weighted by atomic mass is 10.0. The van der Waals surface area contributed by atoms with E-state index in [4.69, 9.17) is 11.6 Å². The summed E-state index contributed by atoms with van der Waals surface area (Å²) in [6, 6.07) is 18.7. The first kappa shape index (κ1) is 19.5. The van der Waals surface area contributed by atoms with Gasteiger partial charge in [0.05, 0.1) is 18.4 Å². The van der Waals surface area contributed by atoms with Crippen LogP contribution in [0.1, 0.15) is 24.0 Å². The molecule has 0 saturated carbocycles. The molecule has 2 aromatic carbocycles. The molecule has 5 nitrogen and oxygen atoms in total. The highest BCUT2D eigenvalue weighted by Gasteiger charge is 2.22. The summed E-state index contributed by atoms with van der Waals surface area (Å²) < 4.78 is 1.42. The fraction of sp³-hybridized carbons (Fsp3) is 0.304. The average Bonchev–Trinajstić information content (AvgIpc) is 2.73. The molecule has 29 heavy (non-hydrogen) atoms. The maximum Gasteiger partial charge on any atom is 0.287 e. The molecule has 0 aliphatic carbocycles. The molecular weight excluding hydrogens is 384 g/mol. The van der Waals surface area contributed by atoms with E-state index in [1.165, 1.54) is 10.2 Å². The standard InChI is InChI=1S/C23H25ClN4O/c1-17-6-5-9-20(14-17)26-19-10-12-27(13-11-19)21-15-25-28(23(29)22(21)24)16-18-7-3-2-4-8-18/h2-9,14-15,19,26H,10-13,16H2,1H3. The number of benzene rings is 2. The first-order chi connectivity index (χ1) is 14.1. The number of aryl methyl sites for hydroxylation is 1. The molecule has 3 aromatic rings. The van der Waals surface area contributed by atoms with E-state index in [0.29, 0.717) is 12.6 Å². The van der Waals surface area contributed by atoms with Crippen LogP contribution in [0.5, 0.6) is 0 Å². The van der Waals surface area contributed by atoms with Gasteiger partial charge in [0, 0.05) is 24.8 Å². The molecule has 0 spiro atoms. The Labute approximate surface area is 175 Å². The van der Waals surface area contributed by atoms with Crippen molar-refractivity contribution in [2.45, 2.75) is 32.4 Å². The Morgan fingerprint density at radius 2 is 1.86 bits per heavy atom. The molecule has 2 heterocycles. The van der Waals surface area contributed by atoms with E-state index in [9.17, 15) is 4.79 Å². The summed E-state index contributed by atoms with van der Waals surface area (Å²) in [5.74, 6) is 0. The Hall–Kier alpha value is -2.79. The smallest absolute Gasteiger partial charge is 0.287 e. The van der Waals surface area contributed by atoms with Crippen molar-refractivity contribution in [3.8, 4) is 0 Å². The molecular formula is C23H25ClN4O. The fourth-order valence-corrected chi connectivity index (χ4v) is 4.05. The van der Waals surface area contributed by atoms with Crippen molar-refractivity contribution in [3.05, 3.63) is 87.3 Å². The lowest BCUT2D eigenvalue weighted by Crippen LogP contribution is -2.40. The maximum absolute atomic E-state index is 12.7. The summed E-state index contributed by atoms with van der Waals surface area (Å²) >= 11 is 6.45. The fourth-order valence-electron chi connectivity index (χ4n) is 3.78. The van der Waals surface area contributed by atoms with Gasteiger partial charge in [-0.2, -0.15) is 5.10 Å². The second-order valence-corrected chi connectivity index (χ2v) is 7.95. The van der Waals surface area contributed by atoms with E-state index in [0.717, 1.165) is 42.9 Å². The molecule has 0 atom stereocenters. The number of nitrogens with one attached hydrogen (secondary N) is 1. The van der Waals surface area contributed by atoms with Crippen LogP contribution in [0.4, 0.5) is 11.4 Å². The first-order valence-electron chi connectivity index (χ1n) is 9.98. The van der Waals surface area contributed by atoms with Crippen molar-refractivity contribution in [1.82, 2.24) is 9.78 Å². The van der Waals surface area contributed by atoms with Crippen LogP contribution in [0.15, 0.2) is 65.6 Å². The summed E-state index contributed by atoms with van der Waals surface area (Å²) in [4.78, 5) is 14.9. The van der Waals surface area contributed by atoms with Gasteiger partial charge in [-0.1, -0.05) is 54.1 Å². The molecule has 1 aliphatic heterocycles. The van der Waals surface area contributed by atoms with Crippen molar-refractivity contribution >= 4 is 23.0 Å². The Kier molecular flexibility index (Phi) is 5.86. The second-order valence-electron chi connectivity index (χ2n) is 7.57. The van der Waals surface area contributed by atoms with Gasteiger partial charge in [0.1, 0.15) is 5.02 Å². The zero-order valence-electron chi connectivity index (χ0n) is 16.5. The number of hydrogen-bond acceptors (Lipinski definition) is 4. The van der Waals surface area contributed by atoms with Crippen LogP contribution in [0.25, 0.3) is 0 Å². The summed E-state index contributed by atoms with van der Waals surface area (Å²) in [5.41, 5.74) is 3.92. The van der Waals surface area contributed by atoms with Crippen molar-refractivity contribution in [1.29, 1.82) is 0 Å². The van der Waals surface area contributed by atoms with Gasteiger partial charge in [0.25, 0.3) is 5.56 Å². The molecule has 1 fully saturated rings. The van der Waals surface area contributed by atoms with Crippen LogP contribution < -0.4 is 15.8 Å². The third-order valence-corrected chi connectivity index (χ3v) is 5.72. The zero-order valence-corrected chi connectivity index (χ0v) is 17.3. The average molecular weight is 409 g/mol. The van der Waals surface area contributed by atoms with E-state index >= 15 is 0 Å². The third-order valence-electron chi connectivity index (χ3n) is 5.37. The molecule has 1 aliphatic rings. The Morgan fingerprint density at radius 1 is 1.10 bits per heavy atom. The van der Waals surface area contributed by atoms with Gasteiger partial charge >= 0.3 is 0 Å². The Morgan fingerprint density at radius 3 is 2.59 bits per heavy atom. The van der Waals surface area contributed by atoms with Crippen molar-refractivity contribution < 1.29 is 0 Å². The van der Waals surface area contributed by atoms with Gasteiger partial charge in [-0.15, -0.1) is 0 Å². The molecule has 150 valence electrons. The van der Waals surface area contributed by atoms with Crippen molar-refractivity contribution in [2.24, 2.45) is 0 Å². The lowest BCUT2D eigenvalue weighted by molar-refractivity contribution is 0.524. The molecule has 0 radical (unpaired) electrons. The zero-order chi connectivity index (χ0) is 20.2. The van der Waals surface area contributed by atoms with Gasteiger partial charge in [-0.05, 0) is 43.0 Å². The summed E-state index contributed by atoms with van der Waals surface area (Å²) in [6.45, 7) is 4.20. The minimum absolute atomic E-state index is 0.243. The van der Waals surface area contributed by atoms with Crippen LogP contribution >= 0.6 is 11.6 Å². The minimum atomic E-state index is -0.243. The van der Waals surface area contributed by atoms with Crippen LogP contribution in [-0.4, -0.2) is 28.9 Å². The third kappa shape index (κ3) is 4.62. The van der Waals surface area contributed by atoms with E-state index in [1.54, 1.807) is 6.20 Å². The highest BCUT2D eigenvalue weighted by atomic mass is 35.5. The number of nitrogens with zero attached hydrogens (tertiary/aromatic N) is 3. The predicted octanol–water partition coefficient (Wildman–Crippen LogP) is 4.33. The highest BCUT2D eigenvalue weighted by molar-refractivity contribution is 6.33. The van der Waals surface area contributed by atoms with E-state index in [1.807, 2.05) is 30.3 Å². The van der Waals surface area contributed by atoms with Gasteiger partial charge in [-0.25, -0.2) is 4.68 Å². The molecule has 4 rings (SSSR count). The number of piperidine rings is 1. The largest absolute Gasteiger partial charge is 0.382 e. The minimum Gasteiger partial charge on any atom is -0.382 e. The van der Waals surface area contributed by atoms with Crippen LogP contribution in [0, 0.1) is 6.92 Å². The highest BCUT2D eigenvalue weighted by Crippen LogP contribution is 2.26. The molecule has 6 heteroatoms. The quantitative estimate of drug-likeness (QED) is 0.682. The van der Waals surface area contributed by atoms with Gasteiger partial charge in [-0.3, -0.25) is 4.79 Å². The van der Waals surface area contributed by atoms with Gasteiger partial charge in [0.15, 0.2) is 0 Å². The van der Waals surface area contributed by atoms with Crippen molar-refractivity contribution in [2.75, 3.05) is 23.3 Å². The van der Waals surface area contributed by atoms with Crippen LogP contribution in [0.3, 0.4) is 0 Å². The van der Waals surface area contributed by atoms with Crippen LogP contribution in [-0.2, 0) is 6.54 Å². The molecule has 1 N–H and O–H groups in total. The maximum atomic E-state index is 12.7. The molecule has 0 amide bonds. The Bertz CT molecular complexity index is 1030. The monoisotopic (exact) mass is 408 g/mol. The second kappa shape index (κ2) is 8.70. The summed E-state index contributed by atoms with van der Waals surface area (Å²) in [6.07, 6.45) is 3.69. The van der Waals surface area contributed by atoms with Gasteiger partial charge in [0.2, 0.25) is 0 Å². The van der Waals surface area contributed by atoms with E-state index in [-0.39, 0.29) is 10.6 Å². The first-order valence-corrected chi connectivity index (χ1v) is 10.4. The van der Waals surface area contributed by atoms with Crippen molar-refractivity contribution in [3.63, 3.8) is 0 Å². The number of hydrogen-bond donors (Lipinski definition) is 1. The lowest BCUT2D eigenvalue weighted by Gasteiger charge is -2.34. The van der Waals surface area contributed by atoms with Crippen LogP contribution in [0.2, 0.25) is 5.02 Å². The molecule has 0 bridgehead atoms. The normalized spacial score (nSPS) is 14.8. The molecule has 0 unspecified atom stereocenters. The van der Waals surface area contributed by atoms with E-state index in [2.05, 4.69) is 46.5 Å². The number of anilines is 2. The summed E-state index contributed by atoms with van der Waals surface area (Å²) in [7, 11) is 0. The number of rotatable bonds is 5. The number of halogens is 1. The van der Waals surface area contributed by atoms with E-state index < -0.39 is 0 Å². The Balaban J connectivity index is 1.42. The predicted molar refractivity (Wildman–Crippen MR) is 119 cm³/mol. The topological polar surface area (TPSA) is 50.2 Å². The molecule has 1 saturated heterocycles. The summed E-state index contributed by atoms with van der Waals surface area (Å²) in [5, 5.41) is 8.23. The SMILES string of the molecule is Cc1cccc(NC2CCN(c3cnn(Cc4ccccc4)c(=O)c3Cl)CC2)c1. The number of aromatic nitrogens is 2. The molecule has 1 aromatic heterocycles.